The monoisotopic (exact) mass is 241 g/mol. The van der Waals surface area contributed by atoms with E-state index < -0.39 is 0 Å². The number of aryl methyl sites for hydroxylation is 1. The van der Waals surface area contributed by atoms with Crippen LogP contribution in [0.5, 0.6) is 0 Å². The number of aliphatic hydroxyl groups excluding tert-OH is 1. The first kappa shape index (κ1) is 11.5. The molecule has 1 aliphatic heterocycles. The van der Waals surface area contributed by atoms with Gasteiger partial charge >= 0.3 is 0 Å². The summed E-state index contributed by atoms with van der Waals surface area (Å²) in [6.07, 6.45) is 1.73. The maximum atomic E-state index is 8.80. The largest absolute Gasteiger partial charge is 0.396 e. The number of aliphatic hydroxyl groups is 1. The Bertz CT molecular complexity index is 384. The van der Waals surface area contributed by atoms with Crippen LogP contribution in [0, 0.1) is 6.92 Å². The number of fused-ring (bicyclic) bond motifs is 1. The quantitative estimate of drug-likeness (QED) is 0.709. The lowest BCUT2D eigenvalue weighted by Gasteiger charge is -2.28. The molecule has 0 aromatic carbocycles. The van der Waals surface area contributed by atoms with Crippen molar-refractivity contribution >= 4 is 23.1 Å². The molecule has 16 heavy (non-hydrogen) atoms. The highest BCUT2D eigenvalue weighted by molar-refractivity contribution is 6.29. The Balaban J connectivity index is 2.13. The summed E-state index contributed by atoms with van der Waals surface area (Å²) in [5.74, 6) is 0.819. The number of aromatic nitrogens is 1. The Morgan fingerprint density at radius 3 is 3.19 bits per heavy atom. The standard InChI is InChI=1S/C11H16ClN3O/c1-7-5-9(12)15-11-10(7)13-6-8(14-11)3-2-4-16/h5,8,13,16H,2-4,6H2,1H3,(H,14,15). The highest BCUT2D eigenvalue weighted by atomic mass is 35.5. The van der Waals surface area contributed by atoms with Gasteiger partial charge in [0.25, 0.3) is 0 Å². The number of nitrogens with one attached hydrogen (secondary N) is 2. The van der Waals surface area contributed by atoms with Crippen LogP contribution >= 0.6 is 11.6 Å². The van der Waals surface area contributed by atoms with Crippen molar-refractivity contribution in [1.29, 1.82) is 0 Å². The van der Waals surface area contributed by atoms with Crippen LogP contribution in [-0.2, 0) is 0 Å². The molecular formula is C11H16ClN3O. The predicted molar refractivity (Wildman–Crippen MR) is 66.2 cm³/mol. The fraction of sp³-hybridized carbons (Fsp3) is 0.545. The highest BCUT2D eigenvalue weighted by Crippen LogP contribution is 2.30. The highest BCUT2D eigenvalue weighted by Gasteiger charge is 2.19. The van der Waals surface area contributed by atoms with Crippen LogP contribution in [-0.4, -0.2) is 29.3 Å². The molecule has 2 rings (SSSR count). The van der Waals surface area contributed by atoms with Gasteiger partial charge in [0.1, 0.15) is 5.15 Å². The third-order valence-electron chi connectivity index (χ3n) is 2.76. The normalized spacial score (nSPS) is 18.6. The second-order valence-corrected chi connectivity index (χ2v) is 4.46. The van der Waals surface area contributed by atoms with Gasteiger partial charge in [0.05, 0.1) is 5.69 Å². The minimum Gasteiger partial charge on any atom is -0.396 e. The summed E-state index contributed by atoms with van der Waals surface area (Å²) in [5, 5.41) is 16.0. The zero-order valence-corrected chi connectivity index (χ0v) is 10.0. The van der Waals surface area contributed by atoms with Gasteiger partial charge in [-0.05, 0) is 31.4 Å². The van der Waals surface area contributed by atoms with Crippen LogP contribution in [0.15, 0.2) is 6.07 Å². The minimum atomic E-state index is 0.229. The molecule has 0 saturated heterocycles. The first-order valence-electron chi connectivity index (χ1n) is 5.49. The van der Waals surface area contributed by atoms with E-state index in [1.807, 2.05) is 13.0 Å². The van der Waals surface area contributed by atoms with E-state index in [1.54, 1.807) is 0 Å². The third kappa shape index (κ3) is 2.39. The minimum absolute atomic E-state index is 0.229. The average molecular weight is 242 g/mol. The summed E-state index contributed by atoms with van der Waals surface area (Å²) in [4.78, 5) is 4.26. The van der Waals surface area contributed by atoms with Crippen LogP contribution in [0.1, 0.15) is 18.4 Å². The SMILES string of the molecule is Cc1cc(Cl)nc2c1NCC(CCCO)N2. The molecule has 0 bridgehead atoms. The third-order valence-corrected chi connectivity index (χ3v) is 2.96. The van der Waals surface area contributed by atoms with Crippen LogP contribution in [0.4, 0.5) is 11.5 Å². The molecule has 0 spiro atoms. The maximum Gasteiger partial charge on any atom is 0.151 e. The second-order valence-electron chi connectivity index (χ2n) is 4.07. The van der Waals surface area contributed by atoms with Gasteiger partial charge in [0.15, 0.2) is 5.82 Å². The molecular weight excluding hydrogens is 226 g/mol. The summed E-state index contributed by atoms with van der Waals surface area (Å²) >= 11 is 5.92. The zero-order valence-electron chi connectivity index (χ0n) is 9.26. The molecule has 1 unspecified atom stereocenters. The van der Waals surface area contributed by atoms with Crippen molar-refractivity contribution in [2.24, 2.45) is 0 Å². The Hall–Kier alpha value is -1.00. The number of pyridine rings is 1. The van der Waals surface area contributed by atoms with Gasteiger partial charge in [0.2, 0.25) is 0 Å². The van der Waals surface area contributed by atoms with E-state index in [0.717, 1.165) is 36.5 Å². The first-order chi connectivity index (χ1) is 7.70. The van der Waals surface area contributed by atoms with E-state index in [-0.39, 0.29) is 6.61 Å². The maximum absolute atomic E-state index is 8.80. The molecule has 0 fully saturated rings. The summed E-state index contributed by atoms with van der Waals surface area (Å²) in [6, 6.07) is 2.16. The van der Waals surface area contributed by atoms with Gasteiger partial charge in [0, 0.05) is 19.2 Å². The number of nitrogens with zero attached hydrogens (tertiary/aromatic N) is 1. The fourth-order valence-electron chi connectivity index (χ4n) is 1.94. The molecule has 1 atom stereocenters. The van der Waals surface area contributed by atoms with Crippen molar-refractivity contribution in [3.05, 3.63) is 16.8 Å². The lowest BCUT2D eigenvalue weighted by molar-refractivity contribution is 0.281. The Kier molecular flexibility index (Phi) is 3.51. The molecule has 1 aromatic heterocycles. The number of rotatable bonds is 3. The number of hydrogen-bond acceptors (Lipinski definition) is 4. The van der Waals surface area contributed by atoms with E-state index in [4.69, 9.17) is 16.7 Å². The lowest BCUT2D eigenvalue weighted by Crippen LogP contribution is -2.34. The molecule has 88 valence electrons. The molecule has 4 nitrogen and oxygen atoms in total. The lowest BCUT2D eigenvalue weighted by atomic mass is 10.1. The molecule has 3 N–H and O–H groups in total. The summed E-state index contributed by atoms with van der Waals surface area (Å²) in [6.45, 7) is 3.10. The van der Waals surface area contributed by atoms with Crippen LogP contribution < -0.4 is 10.6 Å². The van der Waals surface area contributed by atoms with Gasteiger partial charge in [-0.25, -0.2) is 4.98 Å². The predicted octanol–water partition coefficient (Wildman–Crippen LogP) is 2.02. The summed E-state index contributed by atoms with van der Waals surface area (Å²) in [7, 11) is 0. The number of anilines is 2. The van der Waals surface area contributed by atoms with E-state index in [2.05, 4.69) is 15.6 Å². The van der Waals surface area contributed by atoms with Gasteiger partial charge in [-0.15, -0.1) is 0 Å². The van der Waals surface area contributed by atoms with Crippen molar-refractivity contribution in [1.82, 2.24) is 4.98 Å². The molecule has 0 radical (unpaired) electrons. The van der Waals surface area contributed by atoms with Crippen LogP contribution in [0.25, 0.3) is 0 Å². The molecule has 5 heteroatoms. The molecule has 2 heterocycles. The van der Waals surface area contributed by atoms with Gasteiger partial charge in [-0.3, -0.25) is 0 Å². The van der Waals surface area contributed by atoms with Gasteiger partial charge < -0.3 is 15.7 Å². The number of hydrogen-bond donors (Lipinski definition) is 3. The average Bonchev–Trinajstić information content (AvgIpc) is 2.25. The first-order valence-corrected chi connectivity index (χ1v) is 5.87. The van der Waals surface area contributed by atoms with Crippen molar-refractivity contribution in [3.63, 3.8) is 0 Å². The molecule has 0 saturated carbocycles. The molecule has 0 amide bonds. The molecule has 1 aliphatic rings. The summed E-state index contributed by atoms with van der Waals surface area (Å²) < 4.78 is 0. The zero-order chi connectivity index (χ0) is 11.5. The van der Waals surface area contributed by atoms with Crippen molar-refractivity contribution in [3.8, 4) is 0 Å². The van der Waals surface area contributed by atoms with E-state index in [0.29, 0.717) is 11.2 Å². The van der Waals surface area contributed by atoms with Gasteiger partial charge in [-0.2, -0.15) is 0 Å². The van der Waals surface area contributed by atoms with Crippen molar-refractivity contribution < 1.29 is 5.11 Å². The van der Waals surface area contributed by atoms with E-state index in [1.165, 1.54) is 0 Å². The van der Waals surface area contributed by atoms with Crippen molar-refractivity contribution in [2.45, 2.75) is 25.8 Å². The van der Waals surface area contributed by atoms with E-state index in [9.17, 15) is 0 Å². The van der Waals surface area contributed by atoms with Crippen LogP contribution in [0.2, 0.25) is 5.15 Å². The molecule has 0 aliphatic carbocycles. The Morgan fingerprint density at radius 2 is 2.44 bits per heavy atom. The smallest absolute Gasteiger partial charge is 0.151 e. The fourth-order valence-corrected chi connectivity index (χ4v) is 2.19. The van der Waals surface area contributed by atoms with Crippen molar-refractivity contribution in [2.75, 3.05) is 23.8 Å². The van der Waals surface area contributed by atoms with Gasteiger partial charge in [-0.1, -0.05) is 11.6 Å². The summed E-state index contributed by atoms with van der Waals surface area (Å²) in [5.41, 5.74) is 2.13. The number of halogens is 1. The molecule has 1 aromatic rings. The topological polar surface area (TPSA) is 57.2 Å². The Morgan fingerprint density at radius 1 is 1.62 bits per heavy atom. The van der Waals surface area contributed by atoms with E-state index >= 15 is 0 Å². The Labute approximate surface area is 100 Å². The van der Waals surface area contributed by atoms with Crippen LogP contribution in [0.3, 0.4) is 0 Å². The second kappa shape index (κ2) is 4.89.